The summed E-state index contributed by atoms with van der Waals surface area (Å²) in [4.78, 5) is 34.2. The molecule has 2 amide bonds. The van der Waals surface area contributed by atoms with Crippen LogP contribution in [-0.4, -0.2) is 64.8 Å². The number of benzene rings is 3. The number of amides is 2. The number of halogens is 1. The molecule has 0 bridgehead atoms. The van der Waals surface area contributed by atoms with Crippen molar-refractivity contribution < 1.29 is 23.8 Å². The molecule has 3 heterocycles. The van der Waals surface area contributed by atoms with E-state index in [1.54, 1.807) is 23.2 Å². The number of para-hydroxylation sites is 1. The Morgan fingerprint density at radius 1 is 0.978 bits per heavy atom. The quantitative estimate of drug-likeness (QED) is 0.251. The van der Waals surface area contributed by atoms with Gasteiger partial charge < -0.3 is 25.0 Å². The summed E-state index contributed by atoms with van der Waals surface area (Å²) in [7, 11) is 0. The smallest absolute Gasteiger partial charge is 0.407 e. The molecule has 0 radical (unpaired) electrons. The Morgan fingerprint density at radius 2 is 1.73 bits per heavy atom. The summed E-state index contributed by atoms with van der Waals surface area (Å²) in [5.74, 6) is -0.539. The Balaban J connectivity index is 1.40. The van der Waals surface area contributed by atoms with Gasteiger partial charge in [-0.05, 0) is 94.0 Å². The zero-order chi connectivity index (χ0) is 31.9. The molecule has 234 valence electrons. The van der Waals surface area contributed by atoms with Crippen molar-refractivity contribution in [3.8, 4) is 28.0 Å². The Hall–Kier alpha value is -4.66. The van der Waals surface area contributed by atoms with E-state index in [0.29, 0.717) is 44.6 Å². The molecule has 8 nitrogen and oxygen atoms in total. The van der Waals surface area contributed by atoms with Crippen molar-refractivity contribution in [1.29, 1.82) is 0 Å². The number of aromatic hydroxyl groups is 1. The number of hydrogen-bond donors (Lipinski definition) is 2. The van der Waals surface area contributed by atoms with Crippen LogP contribution in [0, 0.1) is 12.7 Å². The summed E-state index contributed by atoms with van der Waals surface area (Å²) in [5, 5.41) is 15.1. The standard InChI is InChI=1S/C36H39FN4O4/c1-22-17-24(19-25(37)18-22)30-21-38-31-10-9-23(27-7-5-8-28(33(27)42)34(43)41-13-6-14-41)20-29(31)32(30)40-15-11-26(12-16-40)39-35(44)45-36(2,3)4/h5,7-10,17-21,26,42H,6,11-16H2,1-4H3,(H,39,44). The van der Waals surface area contributed by atoms with Crippen molar-refractivity contribution >= 4 is 28.6 Å². The predicted octanol–water partition coefficient (Wildman–Crippen LogP) is 7.06. The maximum atomic E-state index is 14.7. The fourth-order valence-electron chi connectivity index (χ4n) is 6.15. The van der Waals surface area contributed by atoms with Crippen molar-refractivity contribution in [2.75, 3.05) is 31.1 Å². The minimum atomic E-state index is -0.577. The van der Waals surface area contributed by atoms with E-state index in [1.807, 2.05) is 58.0 Å². The van der Waals surface area contributed by atoms with E-state index in [9.17, 15) is 19.1 Å². The predicted molar refractivity (Wildman–Crippen MR) is 174 cm³/mol. The van der Waals surface area contributed by atoms with E-state index in [1.165, 1.54) is 12.1 Å². The van der Waals surface area contributed by atoms with Crippen molar-refractivity contribution in [1.82, 2.24) is 15.2 Å². The molecule has 2 aliphatic rings. The number of anilines is 1. The molecule has 2 aliphatic heterocycles. The number of fused-ring (bicyclic) bond motifs is 1. The Morgan fingerprint density at radius 3 is 2.40 bits per heavy atom. The number of aryl methyl sites for hydroxylation is 1. The summed E-state index contributed by atoms with van der Waals surface area (Å²) in [6, 6.07) is 16.0. The second-order valence-corrected chi connectivity index (χ2v) is 13.0. The first-order valence-electron chi connectivity index (χ1n) is 15.5. The van der Waals surface area contributed by atoms with Gasteiger partial charge in [-0.15, -0.1) is 0 Å². The minimum absolute atomic E-state index is 0.0387. The average molecular weight is 611 g/mol. The topological polar surface area (TPSA) is 95.0 Å². The fourth-order valence-corrected chi connectivity index (χ4v) is 6.15. The third kappa shape index (κ3) is 6.43. The molecule has 0 unspecified atom stereocenters. The van der Waals surface area contributed by atoms with E-state index in [0.717, 1.165) is 45.3 Å². The summed E-state index contributed by atoms with van der Waals surface area (Å²) >= 11 is 0. The van der Waals surface area contributed by atoms with E-state index in [4.69, 9.17) is 9.72 Å². The molecule has 9 heteroatoms. The molecule has 0 spiro atoms. The molecule has 2 N–H and O–H groups in total. The third-order valence-corrected chi connectivity index (χ3v) is 8.45. The summed E-state index contributed by atoms with van der Waals surface area (Å²) in [6.07, 6.45) is 3.73. The summed E-state index contributed by atoms with van der Waals surface area (Å²) in [5.41, 5.74) is 5.01. The number of hydrogen-bond acceptors (Lipinski definition) is 6. The normalized spacial score (nSPS) is 15.6. The molecular weight excluding hydrogens is 571 g/mol. The van der Waals surface area contributed by atoms with E-state index < -0.39 is 11.7 Å². The zero-order valence-corrected chi connectivity index (χ0v) is 26.2. The number of piperidine rings is 1. The average Bonchev–Trinajstić information content (AvgIpc) is 2.94. The van der Waals surface area contributed by atoms with Gasteiger partial charge in [0.05, 0.1) is 16.8 Å². The van der Waals surface area contributed by atoms with Crippen molar-refractivity contribution in [2.45, 2.75) is 58.6 Å². The first kappa shape index (κ1) is 30.4. The van der Waals surface area contributed by atoms with Crippen LogP contribution in [0.1, 0.15) is 56.0 Å². The molecule has 0 aliphatic carbocycles. The van der Waals surface area contributed by atoms with Crippen LogP contribution in [0.3, 0.4) is 0 Å². The lowest BCUT2D eigenvalue weighted by molar-refractivity contribution is 0.0496. The van der Waals surface area contributed by atoms with Gasteiger partial charge in [0.1, 0.15) is 17.2 Å². The van der Waals surface area contributed by atoms with Gasteiger partial charge in [0.25, 0.3) is 5.91 Å². The van der Waals surface area contributed by atoms with Gasteiger partial charge in [0.15, 0.2) is 0 Å². The summed E-state index contributed by atoms with van der Waals surface area (Å²) < 4.78 is 20.1. The molecule has 0 saturated carbocycles. The molecule has 1 aromatic heterocycles. The lowest BCUT2D eigenvalue weighted by Crippen LogP contribution is -2.46. The molecule has 6 rings (SSSR count). The zero-order valence-electron chi connectivity index (χ0n) is 26.2. The fraction of sp³-hybridized carbons (Fsp3) is 0.361. The maximum absolute atomic E-state index is 14.7. The van der Waals surface area contributed by atoms with Crippen LogP contribution in [0.2, 0.25) is 0 Å². The number of carbonyl (C=O) groups excluding carboxylic acids is 2. The molecule has 0 atom stereocenters. The largest absolute Gasteiger partial charge is 0.506 e. The number of phenols is 1. The van der Waals surface area contributed by atoms with E-state index in [2.05, 4.69) is 10.2 Å². The molecule has 2 saturated heterocycles. The number of phenolic OH excluding ortho intramolecular Hbond substituents is 1. The number of ether oxygens (including phenoxy) is 1. The second kappa shape index (κ2) is 12.0. The van der Waals surface area contributed by atoms with Crippen LogP contribution in [-0.2, 0) is 4.74 Å². The number of rotatable bonds is 5. The highest BCUT2D eigenvalue weighted by Crippen LogP contribution is 2.41. The number of carbonyl (C=O) groups is 2. The number of likely N-dealkylation sites (tertiary alicyclic amines) is 1. The number of aromatic nitrogens is 1. The van der Waals surface area contributed by atoms with Gasteiger partial charge in [-0.25, -0.2) is 9.18 Å². The van der Waals surface area contributed by atoms with Crippen LogP contribution in [0.15, 0.2) is 60.8 Å². The van der Waals surface area contributed by atoms with Crippen LogP contribution in [0.5, 0.6) is 5.75 Å². The van der Waals surface area contributed by atoms with Crippen molar-refractivity contribution in [3.05, 3.63) is 77.7 Å². The van der Waals surface area contributed by atoms with Crippen molar-refractivity contribution in [3.63, 3.8) is 0 Å². The molecule has 45 heavy (non-hydrogen) atoms. The van der Waals surface area contributed by atoms with Crippen molar-refractivity contribution in [2.24, 2.45) is 0 Å². The lowest BCUT2D eigenvalue weighted by atomic mass is 9.94. The number of pyridine rings is 1. The highest BCUT2D eigenvalue weighted by Gasteiger charge is 2.28. The highest BCUT2D eigenvalue weighted by molar-refractivity contribution is 6.03. The molecule has 2 fully saturated rings. The molecule has 4 aromatic rings. The van der Waals surface area contributed by atoms with E-state index in [-0.39, 0.29) is 29.1 Å². The van der Waals surface area contributed by atoms with Gasteiger partial charge in [0, 0.05) is 54.9 Å². The van der Waals surface area contributed by atoms with Crippen LogP contribution >= 0.6 is 0 Å². The first-order chi connectivity index (χ1) is 21.5. The van der Waals surface area contributed by atoms with Gasteiger partial charge in [-0.1, -0.05) is 24.3 Å². The Kier molecular flexibility index (Phi) is 8.12. The van der Waals surface area contributed by atoms with Gasteiger partial charge in [0.2, 0.25) is 0 Å². The van der Waals surface area contributed by atoms with Crippen LogP contribution in [0.4, 0.5) is 14.9 Å². The number of nitrogens with zero attached hydrogens (tertiary/aromatic N) is 3. The van der Waals surface area contributed by atoms with E-state index >= 15 is 0 Å². The number of nitrogens with one attached hydrogen (secondary N) is 1. The third-order valence-electron chi connectivity index (χ3n) is 8.45. The number of alkyl carbamates (subject to hydrolysis) is 1. The highest BCUT2D eigenvalue weighted by atomic mass is 19.1. The maximum Gasteiger partial charge on any atom is 0.407 e. The molecule has 3 aromatic carbocycles. The Labute approximate surface area is 262 Å². The van der Waals surface area contributed by atoms with Gasteiger partial charge in [-0.3, -0.25) is 9.78 Å². The van der Waals surface area contributed by atoms with Gasteiger partial charge in [-0.2, -0.15) is 0 Å². The van der Waals surface area contributed by atoms with Crippen LogP contribution in [0.25, 0.3) is 33.2 Å². The monoisotopic (exact) mass is 610 g/mol. The second-order valence-electron chi connectivity index (χ2n) is 13.0. The first-order valence-corrected chi connectivity index (χ1v) is 15.5. The lowest BCUT2D eigenvalue weighted by Gasteiger charge is -2.36. The minimum Gasteiger partial charge on any atom is -0.506 e. The molecular formula is C36H39FN4O4. The summed E-state index contributed by atoms with van der Waals surface area (Å²) in [6.45, 7) is 10.1. The Bertz CT molecular complexity index is 1750. The van der Waals surface area contributed by atoms with Gasteiger partial charge >= 0.3 is 6.09 Å². The SMILES string of the molecule is Cc1cc(F)cc(-c2cnc3ccc(-c4cccc(C(=O)N5CCC5)c4O)cc3c2N2CCC(NC(=O)OC(C)(C)C)CC2)c1. The van der Waals surface area contributed by atoms with Crippen LogP contribution < -0.4 is 10.2 Å².